The first-order valence-electron chi connectivity index (χ1n) is 12.0. The number of benzene rings is 2. The minimum atomic E-state index is -1.10. The number of fused-ring (bicyclic) bond motifs is 1. The Labute approximate surface area is 214 Å². The minimum absolute atomic E-state index is 0.0251. The third-order valence-electron chi connectivity index (χ3n) is 5.66. The fourth-order valence-corrected chi connectivity index (χ4v) is 3.80. The molecule has 3 rings (SSSR count). The lowest BCUT2D eigenvalue weighted by molar-refractivity contribution is -0.147. The molecule has 0 bridgehead atoms. The van der Waals surface area contributed by atoms with Gasteiger partial charge >= 0.3 is 18.0 Å². The average Bonchev–Trinajstić information content (AvgIpc) is 3.32. The van der Waals surface area contributed by atoms with Crippen molar-refractivity contribution in [3.63, 3.8) is 0 Å². The quantitative estimate of drug-likeness (QED) is 0.252. The number of alkyl carbamates (subject to hydrolysis) is 1. The van der Waals surface area contributed by atoms with Crippen molar-refractivity contribution >= 4 is 34.8 Å². The number of hydrogen-bond acceptors (Lipinski definition) is 7. The van der Waals surface area contributed by atoms with Crippen molar-refractivity contribution < 1.29 is 33.4 Å². The van der Waals surface area contributed by atoms with Gasteiger partial charge in [0, 0.05) is 29.9 Å². The van der Waals surface area contributed by atoms with Crippen LogP contribution in [0, 0.1) is 0 Å². The molecule has 3 aromatic rings. The van der Waals surface area contributed by atoms with Gasteiger partial charge in [-0.25, -0.2) is 14.4 Å². The van der Waals surface area contributed by atoms with E-state index in [0.29, 0.717) is 0 Å². The molecule has 3 N–H and O–H groups in total. The second-order valence-electron chi connectivity index (χ2n) is 8.26. The van der Waals surface area contributed by atoms with Crippen LogP contribution < -0.4 is 10.6 Å². The maximum atomic E-state index is 12.7. The first-order valence-corrected chi connectivity index (χ1v) is 12.0. The van der Waals surface area contributed by atoms with Crippen LogP contribution in [0.25, 0.3) is 10.9 Å². The number of nitrogens with one attached hydrogen (secondary N) is 3. The molecule has 0 fully saturated rings. The second-order valence-corrected chi connectivity index (χ2v) is 8.26. The molecule has 2 atom stereocenters. The lowest BCUT2D eigenvalue weighted by Crippen LogP contribution is -2.45. The molecule has 0 unspecified atom stereocenters. The first-order chi connectivity index (χ1) is 17.9. The standard InChI is InChI=1S/C27H31N3O7/c1-3-36-26(33)22(30-27(34)37-17-18-9-5-4-6-10-18)13-14-24(31)29-23(25(32)35-2)15-19-16-28-21-12-8-7-11-20(19)21/h4-12,16,22-23,28H,3,13-15,17H2,1-2H3,(H,29,31)(H,30,34)/t22-,23-/m1/s1. The summed E-state index contributed by atoms with van der Waals surface area (Å²) in [5.41, 5.74) is 2.54. The Morgan fingerprint density at radius 1 is 0.892 bits per heavy atom. The third-order valence-corrected chi connectivity index (χ3v) is 5.66. The summed E-state index contributed by atoms with van der Waals surface area (Å²) in [4.78, 5) is 52.9. The van der Waals surface area contributed by atoms with Gasteiger partial charge in [-0.1, -0.05) is 48.5 Å². The van der Waals surface area contributed by atoms with Crippen LogP contribution in [0.3, 0.4) is 0 Å². The molecule has 10 heteroatoms. The van der Waals surface area contributed by atoms with E-state index in [0.717, 1.165) is 22.0 Å². The number of para-hydroxylation sites is 1. The van der Waals surface area contributed by atoms with Gasteiger partial charge in [0.1, 0.15) is 18.7 Å². The number of hydrogen-bond donors (Lipinski definition) is 3. The zero-order chi connectivity index (χ0) is 26.6. The summed E-state index contributed by atoms with van der Waals surface area (Å²) >= 11 is 0. The van der Waals surface area contributed by atoms with Crippen molar-refractivity contribution in [2.24, 2.45) is 0 Å². The Hall–Kier alpha value is -4.34. The SMILES string of the molecule is CCOC(=O)[C@@H](CCC(=O)N[C@H](Cc1c[nH]c2ccccc12)C(=O)OC)NC(=O)OCc1ccccc1. The van der Waals surface area contributed by atoms with Crippen LogP contribution in [0.15, 0.2) is 60.8 Å². The molecule has 10 nitrogen and oxygen atoms in total. The third kappa shape index (κ3) is 8.09. The highest BCUT2D eigenvalue weighted by atomic mass is 16.6. The molecule has 0 saturated carbocycles. The fraction of sp³-hybridized carbons (Fsp3) is 0.333. The van der Waals surface area contributed by atoms with Gasteiger partial charge in [0.05, 0.1) is 13.7 Å². The molecule has 0 aliphatic heterocycles. The van der Waals surface area contributed by atoms with E-state index in [1.165, 1.54) is 7.11 Å². The summed E-state index contributed by atoms with van der Waals surface area (Å²) in [6.07, 6.45) is 0.993. The monoisotopic (exact) mass is 509 g/mol. The van der Waals surface area contributed by atoms with E-state index >= 15 is 0 Å². The summed E-state index contributed by atoms with van der Waals surface area (Å²) < 4.78 is 15.1. The first kappa shape index (κ1) is 27.3. The van der Waals surface area contributed by atoms with Gasteiger partial charge in [0.25, 0.3) is 0 Å². The van der Waals surface area contributed by atoms with E-state index < -0.39 is 36.0 Å². The lowest BCUT2D eigenvalue weighted by Gasteiger charge is -2.19. The zero-order valence-electron chi connectivity index (χ0n) is 20.8. The van der Waals surface area contributed by atoms with E-state index in [2.05, 4.69) is 15.6 Å². The topological polar surface area (TPSA) is 136 Å². The average molecular weight is 510 g/mol. The van der Waals surface area contributed by atoms with Crippen LogP contribution in [0.4, 0.5) is 4.79 Å². The highest BCUT2D eigenvalue weighted by Crippen LogP contribution is 2.19. The number of H-pyrrole nitrogens is 1. The van der Waals surface area contributed by atoms with E-state index in [9.17, 15) is 19.2 Å². The molecule has 0 radical (unpaired) electrons. The Balaban J connectivity index is 1.58. The molecule has 0 aliphatic carbocycles. The predicted octanol–water partition coefficient (Wildman–Crippen LogP) is 3.01. The number of esters is 2. The highest BCUT2D eigenvalue weighted by Gasteiger charge is 2.27. The van der Waals surface area contributed by atoms with Gasteiger partial charge < -0.3 is 29.8 Å². The van der Waals surface area contributed by atoms with Gasteiger partial charge in [-0.15, -0.1) is 0 Å². The minimum Gasteiger partial charge on any atom is -0.467 e. The van der Waals surface area contributed by atoms with Crippen molar-refractivity contribution in [1.29, 1.82) is 0 Å². The molecule has 0 aliphatic rings. The normalized spacial score (nSPS) is 12.3. The smallest absolute Gasteiger partial charge is 0.408 e. The summed E-state index contributed by atoms with van der Waals surface area (Å²) in [5, 5.41) is 6.07. The Morgan fingerprint density at radius 3 is 2.35 bits per heavy atom. The molecule has 37 heavy (non-hydrogen) atoms. The van der Waals surface area contributed by atoms with Crippen LogP contribution >= 0.6 is 0 Å². The Kier molecular flexibility index (Phi) is 10.1. The Bertz CT molecular complexity index is 1210. The van der Waals surface area contributed by atoms with Gasteiger partial charge in [-0.2, -0.15) is 0 Å². The van der Waals surface area contributed by atoms with Crippen LogP contribution in [0.2, 0.25) is 0 Å². The molecule has 1 heterocycles. The van der Waals surface area contributed by atoms with Crippen molar-refractivity contribution in [3.05, 3.63) is 71.9 Å². The molecule has 2 amide bonds. The van der Waals surface area contributed by atoms with Crippen LogP contribution in [0.1, 0.15) is 30.9 Å². The van der Waals surface area contributed by atoms with Gasteiger partial charge in [0.2, 0.25) is 5.91 Å². The maximum Gasteiger partial charge on any atom is 0.408 e. The second kappa shape index (κ2) is 13.7. The van der Waals surface area contributed by atoms with Crippen LogP contribution in [0.5, 0.6) is 0 Å². The summed E-state index contributed by atoms with van der Waals surface area (Å²) in [6.45, 7) is 1.77. The van der Waals surface area contributed by atoms with E-state index in [1.807, 2.05) is 42.5 Å². The highest BCUT2D eigenvalue weighted by molar-refractivity contribution is 5.88. The molecule has 2 aromatic carbocycles. The fourth-order valence-electron chi connectivity index (χ4n) is 3.80. The van der Waals surface area contributed by atoms with Gasteiger partial charge in [-0.05, 0) is 30.5 Å². The molecule has 0 spiro atoms. The molecule has 0 saturated heterocycles. The maximum absolute atomic E-state index is 12.7. The van der Waals surface area contributed by atoms with E-state index in [1.54, 1.807) is 25.3 Å². The van der Waals surface area contributed by atoms with Crippen molar-refractivity contribution in [1.82, 2.24) is 15.6 Å². The summed E-state index contributed by atoms with van der Waals surface area (Å²) in [6, 6.07) is 14.7. The lowest BCUT2D eigenvalue weighted by atomic mass is 10.0. The number of amides is 2. The van der Waals surface area contributed by atoms with Gasteiger partial charge in [-0.3, -0.25) is 4.79 Å². The molecular formula is C27H31N3O7. The van der Waals surface area contributed by atoms with E-state index in [-0.39, 0.29) is 32.5 Å². The zero-order valence-corrected chi connectivity index (χ0v) is 20.8. The molecular weight excluding hydrogens is 478 g/mol. The number of aromatic amines is 1. The number of rotatable bonds is 12. The van der Waals surface area contributed by atoms with Crippen LogP contribution in [-0.2, 0) is 41.6 Å². The van der Waals surface area contributed by atoms with Crippen molar-refractivity contribution in [2.45, 2.75) is 44.9 Å². The number of ether oxygens (including phenoxy) is 3. The van der Waals surface area contributed by atoms with E-state index in [4.69, 9.17) is 14.2 Å². The number of methoxy groups -OCH3 is 1. The predicted molar refractivity (Wildman–Crippen MR) is 135 cm³/mol. The van der Waals surface area contributed by atoms with Gasteiger partial charge in [0.15, 0.2) is 0 Å². The van der Waals surface area contributed by atoms with Crippen molar-refractivity contribution in [3.8, 4) is 0 Å². The molecule has 1 aromatic heterocycles. The number of carbonyl (C=O) groups is 4. The Morgan fingerprint density at radius 2 is 1.62 bits per heavy atom. The number of carbonyl (C=O) groups excluding carboxylic acids is 4. The number of aromatic nitrogens is 1. The molecule has 196 valence electrons. The summed E-state index contributed by atoms with van der Waals surface area (Å²) in [5.74, 6) is -1.76. The van der Waals surface area contributed by atoms with Crippen LogP contribution in [-0.4, -0.2) is 54.7 Å². The largest absolute Gasteiger partial charge is 0.467 e. The van der Waals surface area contributed by atoms with Crippen molar-refractivity contribution in [2.75, 3.05) is 13.7 Å². The summed E-state index contributed by atoms with van der Waals surface area (Å²) in [7, 11) is 1.25.